The van der Waals surface area contributed by atoms with Crippen LogP contribution in [0.4, 0.5) is 18.9 Å². The maximum absolute atomic E-state index is 12.8. The van der Waals surface area contributed by atoms with Crippen molar-refractivity contribution < 1.29 is 26.4 Å². The average Bonchev–Trinajstić information content (AvgIpc) is 2.56. The van der Waals surface area contributed by atoms with E-state index in [0.29, 0.717) is 10.8 Å². The molecule has 11 heteroatoms. The molecule has 2 rings (SSSR count). The van der Waals surface area contributed by atoms with E-state index < -0.39 is 20.9 Å². The minimum Gasteiger partial charge on any atom is -0.357 e. The normalized spacial score (nSPS) is 13.3. The lowest BCUT2D eigenvalue weighted by Crippen LogP contribution is -2.31. The minimum absolute atomic E-state index is 0.0480. The number of benzene rings is 2. The number of oxime groups is 1. The topological polar surface area (TPSA) is 67.8 Å². The molecule has 0 aromatic heterocycles. The van der Waals surface area contributed by atoms with Gasteiger partial charge in [0.25, 0.3) is 0 Å². The molecule has 0 radical (unpaired) electrons. The molecule has 0 aliphatic rings. The number of alkyl halides is 3. The Morgan fingerprint density at radius 3 is 2.07 bits per heavy atom. The molecule has 0 saturated carbocycles. The van der Waals surface area contributed by atoms with Crippen LogP contribution in [0.2, 0.25) is 10.0 Å². The van der Waals surface area contributed by atoms with Gasteiger partial charge >= 0.3 is 15.5 Å². The zero-order chi connectivity index (χ0) is 22.0. The number of nitrogens with one attached hydrogen (secondary N) is 1. The van der Waals surface area contributed by atoms with Gasteiger partial charge in [-0.15, -0.1) is 0 Å². The summed E-state index contributed by atoms with van der Waals surface area (Å²) < 4.78 is 63.2. The smallest absolute Gasteiger partial charge is 0.357 e. The number of halogens is 5. The van der Waals surface area contributed by atoms with Gasteiger partial charge in [-0.1, -0.05) is 49.1 Å². The number of anilines is 1. The SMILES string of the molecule is CC(C)(C)/C(=N\Oc1ccc(Cl)cc1)c1cc(Cl)ccc1NS(=O)(=O)C(F)(F)F. The molecule has 2 aromatic carbocycles. The molecular formula is C18H17Cl2F3N2O3S. The van der Waals surface area contributed by atoms with E-state index in [1.165, 1.54) is 12.1 Å². The summed E-state index contributed by atoms with van der Waals surface area (Å²) in [5, 5.41) is 4.72. The summed E-state index contributed by atoms with van der Waals surface area (Å²) in [6.07, 6.45) is 0. The van der Waals surface area contributed by atoms with Crippen molar-refractivity contribution in [2.45, 2.75) is 26.3 Å². The van der Waals surface area contributed by atoms with Crippen LogP contribution in [0.15, 0.2) is 47.6 Å². The number of rotatable bonds is 5. The van der Waals surface area contributed by atoms with Crippen LogP contribution in [0.1, 0.15) is 26.3 Å². The van der Waals surface area contributed by atoms with E-state index in [-0.39, 0.29) is 22.0 Å². The summed E-state index contributed by atoms with van der Waals surface area (Å²) in [6, 6.07) is 9.96. The minimum atomic E-state index is -5.64. The Kier molecular flexibility index (Phi) is 6.76. The molecule has 0 amide bonds. The van der Waals surface area contributed by atoms with Gasteiger partial charge in [0.1, 0.15) is 0 Å². The van der Waals surface area contributed by atoms with Crippen molar-refractivity contribution in [3.63, 3.8) is 0 Å². The summed E-state index contributed by atoms with van der Waals surface area (Å²) in [4.78, 5) is 5.38. The molecule has 0 spiro atoms. The number of nitrogens with zero attached hydrogens (tertiary/aromatic N) is 1. The van der Waals surface area contributed by atoms with Crippen LogP contribution in [0.3, 0.4) is 0 Å². The summed E-state index contributed by atoms with van der Waals surface area (Å²) in [7, 11) is -5.64. The highest BCUT2D eigenvalue weighted by Gasteiger charge is 2.46. The van der Waals surface area contributed by atoms with Gasteiger partial charge in [-0.2, -0.15) is 21.6 Å². The molecule has 0 fully saturated rings. The van der Waals surface area contributed by atoms with E-state index >= 15 is 0 Å². The molecule has 0 aliphatic heterocycles. The van der Waals surface area contributed by atoms with Crippen molar-refractivity contribution in [1.82, 2.24) is 0 Å². The molecule has 0 saturated heterocycles. The third-order valence-corrected chi connectivity index (χ3v) is 5.14. The molecule has 29 heavy (non-hydrogen) atoms. The Hall–Kier alpha value is -1.97. The van der Waals surface area contributed by atoms with Gasteiger partial charge in [-0.25, -0.2) is 0 Å². The highest BCUT2D eigenvalue weighted by atomic mass is 35.5. The highest BCUT2D eigenvalue weighted by Crippen LogP contribution is 2.33. The predicted molar refractivity (Wildman–Crippen MR) is 108 cm³/mol. The molecule has 0 heterocycles. The van der Waals surface area contributed by atoms with Gasteiger partial charge in [0, 0.05) is 21.0 Å². The summed E-state index contributed by atoms with van der Waals surface area (Å²) in [5.41, 5.74) is -6.33. The predicted octanol–water partition coefficient (Wildman–Crippen LogP) is 6.08. The first-order valence-electron chi connectivity index (χ1n) is 8.11. The van der Waals surface area contributed by atoms with E-state index in [4.69, 9.17) is 28.0 Å². The zero-order valence-electron chi connectivity index (χ0n) is 15.5. The lowest BCUT2D eigenvalue weighted by Gasteiger charge is -2.24. The second kappa shape index (κ2) is 8.41. The third-order valence-electron chi connectivity index (χ3n) is 3.55. The second-order valence-electron chi connectivity index (χ2n) is 6.98. The lowest BCUT2D eigenvalue weighted by molar-refractivity contribution is -0.0429. The van der Waals surface area contributed by atoms with Crippen LogP contribution in [-0.4, -0.2) is 19.6 Å². The monoisotopic (exact) mass is 468 g/mol. The van der Waals surface area contributed by atoms with Crippen LogP contribution in [0, 0.1) is 5.41 Å². The standard InChI is InChI=1S/C18H17Cl2F3N2O3S/c1-17(2,3)16(24-28-13-7-4-11(19)5-8-13)14-10-12(20)6-9-15(14)25-29(26,27)18(21,22)23/h4-10,25H,1-3H3/b24-16-. The van der Waals surface area contributed by atoms with Crippen LogP contribution in [0.25, 0.3) is 0 Å². The number of hydrogen-bond donors (Lipinski definition) is 1. The Bertz CT molecular complexity index is 1020. The van der Waals surface area contributed by atoms with Crippen molar-refractivity contribution in [3.8, 4) is 5.75 Å². The van der Waals surface area contributed by atoms with Crippen molar-refractivity contribution in [1.29, 1.82) is 0 Å². The average molecular weight is 469 g/mol. The molecule has 0 unspecified atom stereocenters. The van der Waals surface area contributed by atoms with Crippen molar-refractivity contribution in [2.24, 2.45) is 10.6 Å². The maximum Gasteiger partial charge on any atom is 0.516 e. The second-order valence-corrected chi connectivity index (χ2v) is 9.52. The Balaban J connectivity index is 2.55. The highest BCUT2D eigenvalue weighted by molar-refractivity contribution is 7.93. The quantitative estimate of drug-likeness (QED) is 0.426. The summed E-state index contributed by atoms with van der Waals surface area (Å²) in [5.74, 6) is 0.329. The van der Waals surface area contributed by atoms with E-state index in [9.17, 15) is 21.6 Å². The molecule has 2 aromatic rings. The molecule has 0 aliphatic carbocycles. The van der Waals surface area contributed by atoms with Crippen molar-refractivity contribution in [2.75, 3.05) is 4.72 Å². The number of sulfonamides is 1. The Morgan fingerprint density at radius 1 is 1.00 bits per heavy atom. The van der Waals surface area contributed by atoms with E-state index in [1.54, 1.807) is 49.8 Å². The Morgan fingerprint density at radius 2 is 1.55 bits per heavy atom. The van der Waals surface area contributed by atoms with Crippen LogP contribution >= 0.6 is 23.2 Å². The number of hydrogen-bond acceptors (Lipinski definition) is 4. The first kappa shape index (κ1) is 23.3. The summed E-state index contributed by atoms with van der Waals surface area (Å²) >= 11 is 11.8. The molecule has 1 N–H and O–H groups in total. The Labute approximate surface area is 176 Å². The van der Waals surface area contributed by atoms with Gasteiger partial charge in [0.2, 0.25) is 0 Å². The maximum atomic E-state index is 12.8. The lowest BCUT2D eigenvalue weighted by atomic mass is 9.85. The van der Waals surface area contributed by atoms with E-state index in [0.717, 1.165) is 6.07 Å². The fraction of sp³-hybridized carbons (Fsp3) is 0.278. The van der Waals surface area contributed by atoms with Crippen LogP contribution in [0.5, 0.6) is 5.75 Å². The zero-order valence-corrected chi connectivity index (χ0v) is 17.8. The van der Waals surface area contributed by atoms with Gasteiger partial charge in [-0.05, 0) is 42.5 Å². The van der Waals surface area contributed by atoms with Gasteiger partial charge < -0.3 is 4.84 Å². The van der Waals surface area contributed by atoms with Crippen molar-refractivity contribution >= 4 is 44.6 Å². The molecule has 158 valence electrons. The third kappa shape index (κ3) is 6.01. The molecule has 5 nitrogen and oxygen atoms in total. The fourth-order valence-corrected chi connectivity index (χ4v) is 3.07. The fourth-order valence-electron chi connectivity index (χ4n) is 2.19. The largest absolute Gasteiger partial charge is 0.516 e. The first-order valence-corrected chi connectivity index (χ1v) is 10.3. The summed E-state index contributed by atoms with van der Waals surface area (Å²) in [6.45, 7) is 5.21. The van der Waals surface area contributed by atoms with Gasteiger partial charge in [0.15, 0.2) is 5.75 Å². The van der Waals surface area contributed by atoms with E-state index in [1.807, 2.05) is 0 Å². The van der Waals surface area contributed by atoms with Gasteiger partial charge in [-0.3, -0.25) is 4.72 Å². The molecule has 0 bridgehead atoms. The molecular weight excluding hydrogens is 452 g/mol. The van der Waals surface area contributed by atoms with E-state index in [2.05, 4.69) is 5.16 Å². The van der Waals surface area contributed by atoms with Crippen molar-refractivity contribution in [3.05, 3.63) is 58.1 Å². The van der Waals surface area contributed by atoms with Crippen LogP contribution < -0.4 is 9.56 Å². The molecule has 0 atom stereocenters. The van der Waals surface area contributed by atoms with Gasteiger partial charge in [0.05, 0.1) is 11.4 Å². The first-order chi connectivity index (χ1) is 13.2. The van der Waals surface area contributed by atoms with Crippen LogP contribution in [-0.2, 0) is 10.0 Å².